The lowest BCUT2D eigenvalue weighted by Gasteiger charge is -2.28. The molecule has 104 valence electrons. The van der Waals surface area contributed by atoms with Gasteiger partial charge < -0.3 is 15.4 Å². The van der Waals surface area contributed by atoms with E-state index < -0.39 is 0 Å². The molecule has 2 rings (SSSR count). The second-order valence-corrected chi connectivity index (χ2v) is 5.32. The van der Waals surface area contributed by atoms with Gasteiger partial charge in [-0.15, -0.1) is 0 Å². The van der Waals surface area contributed by atoms with Crippen LogP contribution in [0.15, 0.2) is 24.3 Å². The van der Waals surface area contributed by atoms with Crippen molar-refractivity contribution in [2.24, 2.45) is 0 Å². The molecule has 0 bridgehead atoms. The summed E-state index contributed by atoms with van der Waals surface area (Å²) in [7, 11) is 0. The van der Waals surface area contributed by atoms with Crippen molar-refractivity contribution in [1.82, 2.24) is 10.6 Å². The molecule has 1 saturated heterocycles. The summed E-state index contributed by atoms with van der Waals surface area (Å²) in [6, 6.07) is 7.69. The minimum atomic E-state index is -0.0750. The number of piperidine rings is 1. The second-order valence-electron chi connectivity index (χ2n) is 4.89. The van der Waals surface area contributed by atoms with E-state index in [1.54, 1.807) is 24.3 Å². The molecule has 0 spiro atoms. The van der Waals surface area contributed by atoms with Gasteiger partial charge in [-0.05, 0) is 50.6 Å². The summed E-state index contributed by atoms with van der Waals surface area (Å²) in [4.78, 5) is 11.8. The van der Waals surface area contributed by atoms with Crippen molar-refractivity contribution >= 4 is 17.5 Å². The van der Waals surface area contributed by atoms with E-state index in [1.165, 1.54) is 0 Å². The van der Waals surface area contributed by atoms with Gasteiger partial charge in [0.05, 0.1) is 0 Å². The first-order chi connectivity index (χ1) is 9.13. The minimum absolute atomic E-state index is 0.0416. The van der Waals surface area contributed by atoms with Crippen LogP contribution in [0, 0.1) is 0 Å². The third kappa shape index (κ3) is 4.73. The molecule has 1 aromatic carbocycles. The number of halogens is 1. The van der Waals surface area contributed by atoms with Crippen LogP contribution in [0.2, 0.25) is 5.02 Å². The fraction of sp³-hybridized carbons (Fsp3) is 0.500. The Balaban J connectivity index is 1.73. The summed E-state index contributed by atoms with van der Waals surface area (Å²) in [5.74, 6) is 0.576. The molecule has 0 aromatic heterocycles. The van der Waals surface area contributed by atoms with E-state index in [0.717, 1.165) is 19.4 Å². The van der Waals surface area contributed by atoms with Crippen LogP contribution in [-0.4, -0.2) is 31.1 Å². The highest BCUT2D eigenvalue weighted by atomic mass is 35.5. The lowest BCUT2D eigenvalue weighted by molar-refractivity contribution is -0.124. The number of rotatable bonds is 4. The molecular weight excluding hydrogens is 264 g/mol. The first kappa shape index (κ1) is 14.2. The van der Waals surface area contributed by atoms with Crippen LogP contribution in [-0.2, 0) is 4.79 Å². The molecule has 1 aliphatic heterocycles. The smallest absolute Gasteiger partial charge is 0.258 e. The number of benzene rings is 1. The topological polar surface area (TPSA) is 50.4 Å². The molecule has 0 saturated carbocycles. The van der Waals surface area contributed by atoms with Gasteiger partial charge in [0.1, 0.15) is 5.75 Å². The molecule has 0 radical (unpaired) electrons. The highest BCUT2D eigenvalue weighted by molar-refractivity contribution is 6.30. The van der Waals surface area contributed by atoms with E-state index >= 15 is 0 Å². The molecule has 1 heterocycles. The van der Waals surface area contributed by atoms with E-state index in [-0.39, 0.29) is 18.6 Å². The van der Waals surface area contributed by atoms with Gasteiger partial charge in [-0.3, -0.25) is 4.79 Å². The Kier molecular flexibility index (Phi) is 5.05. The van der Waals surface area contributed by atoms with Crippen molar-refractivity contribution in [1.29, 1.82) is 0 Å². The van der Waals surface area contributed by atoms with E-state index in [4.69, 9.17) is 16.3 Å². The summed E-state index contributed by atoms with van der Waals surface area (Å²) in [5, 5.41) is 7.01. The molecular formula is C14H19ClN2O2. The SMILES string of the molecule is CC1CC(NC(=O)COc2ccc(Cl)cc2)CCN1. The molecule has 2 unspecified atom stereocenters. The van der Waals surface area contributed by atoms with Gasteiger partial charge in [0, 0.05) is 17.1 Å². The fourth-order valence-corrected chi connectivity index (χ4v) is 2.34. The van der Waals surface area contributed by atoms with Crippen LogP contribution in [0.25, 0.3) is 0 Å². The highest BCUT2D eigenvalue weighted by Gasteiger charge is 2.19. The zero-order valence-corrected chi connectivity index (χ0v) is 11.7. The number of carbonyl (C=O) groups is 1. The van der Waals surface area contributed by atoms with E-state index in [1.807, 2.05) is 0 Å². The van der Waals surface area contributed by atoms with Gasteiger partial charge in [-0.2, -0.15) is 0 Å². The van der Waals surface area contributed by atoms with Crippen LogP contribution >= 0.6 is 11.6 Å². The average Bonchev–Trinajstić information content (AvgIpc) is 2.38. The van der Waals surface area contributed by atoms with Crippen molar-refractivity contribution in [3.8, 4) is 5.75 Å². The molecule has 19 heavy (non-hydrogen) atoms. The number of hydrogen-bond acceptors (Lipinski definition) is 3. The maximum absolute atomic E-state index is 11.8. The first-order valence-corrected chi connectivity index (χ1v) is 6.92. The number of ether oxygens (including phenoxy) is 1. The van der Waals surface area contributed by atoms with E-state index in [9.17, 15) is 4.79 Å². The Labute approximate surface area is 118 Å². The quantitative estimate of drug-likeness (QED) is 0.888. The summed E-state index contributed by atoms with van der Waals surface area (Å²) < 4.78 is 5.40. The number of carbonyl (C=O) groups excluding carboxylic acids is 1. The zero-order valence-electron chi connectivity index (χ0n) is 11.0. The van der Waals surface area contributed by atoms with Crippen molar-refractivity contribution < 1.29 is 9.53 Å². The molecule has 1 aromatic rings. The van der Waals surface area contributed by atoms with Gasteiger partial charge in [0.25, 0.3) is 5.91 Å². The lowest BCUT2D eigenvalue weighted by atomic mass is 10.0. The summed E-state index contributed by atoms with van der Waals surface area (Å²) in [6.07, 6.45) is 1.93. The predicted octanol–water partition coefficient (Wildman–Crippen LogP) is 1.98. The summed E-state index contributed by atoms with van der Waals surface area (Å²) >= 11 is 5.78. The van der Waals surface area contributed by atoms with Gasteiger partial charge in [0.2, 0.25) is 0 Å². The summed E-state index contributed by atoms with van der Waals surface area (Å²) in [6.45, 7) is 3.12. The molecule has 5 heteroatoms. The summed E-state index contributed by atoms with van der Waals surface area (Å²) in [5.41, 5.74) is 0. The van der Waals surface area contributed by atoms with Gasteiger partial charge >= 0.3 is 0 Å². The molecule has 2 N–H and O–H groups in total. The van der Waals surface area contributed by atoms with Gasteiger partial charge in [0.15, 0.2) is 6.61 Å². The Morgan fingerprint density at radius 2 is 2.21 bits per heavy atom. The molecule has 4 nitrogen and oxygen atoms in total. The Bertz CT molecular complexity index is 422. The zero-order chi connectivity index (χ0) is 13.7. The Morgan fingerprint density at radius 3 is 2.89 bits per heavy atom. The highest BCUT2D eigenvalue weighted by Crippen LogP contribution is 2.15. The largest absolute Gasteiger partial charge is 0.484 e. The Morgan fingerprint density at radius 1 is 1.47 bits per heavy atom. The molecule has 1 fully saturated rings. The van der Waals surface area contributed by atoms with Crippen LogP contribution in [0.3, 0.4) is 0 Å². The van der Waals surface area contributed by atoms with Crippen LogP contribution < -0.4 is 15.4 Å². The number of amides is 1. The first-order valence-electron chi connectivity index (χ1n) is 6.54. The third-order valence-electron chi connectivity index (χ3n) is 3.17. The monoisotopic (exact) mass is 282 g/mol. The van der Waals surface area contributed by atoms with Crippen LogP contribution in [0.1, 0.15) is 19.8 Å². The molecule has 1 amide bonds. The average molecular weight is 283 g/mol. The standard InChI is InChI=1S/C14H19ClN2O2/c1-10-8-12(6-7-16-10)17-14(18)9-19-13-4-2-11(15)3-5-13/h2-5,10,12,16H,6-9H2,1H3,(H,17,18). The third-order valence-corrected chi connectivity index (χ3v) is 3.42. The van der Waals surface area contributed by atoms with Crippen molar-refractivity contribution in [2.45, 2.75) is 31.8 Å². The molecule has 1 aliphatic rings. The maximum atomic E-state index is 11.8. The fourth-order valence-electron chi connectivity index (χ4n) is 2.21. The number of hydrogen-bond donors (Lipinski definition) is 2. The Hall–Kier alpha value is -1.26. The second kappa shape index (κ2) is 6.78. The lowest BCUT2D eigenvalue weighted by Crippen LogP contribution is -2.47. The van der Waals surface area contributed by atoms with E-state index in [0.29, 0.717) is 16.8 Å². The molecule has 0 aliphatic carbocycles. The van der Waals surface area contributed by atoms with Crippen molar-refractivity contribution in [3.05, 3.63) is 29.3 Å². The minimum Gasteiger partial charge on any atom is -0.484 e. The van der Waals surface area contributed by atoms with Crippen molar-refractivity contribution in [2.75, 3.05) is 13.2 Å². The molecule has 2 atom stereocenters. The number of nitrogens with one attached hydrogen (secondary N) is 2. The van der Waals surface area contributed by atoms with Crippen LogP contribution in [0.4, 0.5) is 0 Å². The maximum Gasteiger partial charge on any atom is 0.258 e. The predicted molar refractivity (Wildman–Crippen MR) is 75.6 cm³/mol. The normalized spacial score (nSPS) is 22.8. The van der Waals surface area contributed by atoms with Crippen molar-refractivity contribution in [3.63, 3.8) is 0 Å². The van der Waals surface area contributed by atoms with Crippen LogP contribution in [0.5, 0.6) is 5.75 Å². The van der Waals surface area contributed by atoms with E-state index in [2.05, 4.69) is 17.6 Å². The van der Waals surface area contributed by atoms with Gasteiger partial charge in [-0.25, -0.2) is 0 Å². The van der Waals surface area contributed by atoms with Gasteiger partial charge in [-0.1, -0.05) is 11.6 Å².